The third-order valence-electron chi connectivity index (χ3n) is 3.35. The Kier molecular flexibility index (Phi) is 6.36. The maximum absolute atomic E-state index is 12.2. The number of halogens is 1. The number of carbonyl (C=O) groups is 1. The standard InChI is InChI=1S/C17H19ClN2O3S/c1-2-3-12-19-24(22,23)16-10-4-13(5-11-16)17(21)20-15-8-6-14(18)7-9-15/h4-11,19H,2-3,12H2,1H3,(H,20,21). The van der Waals surface area contributed by atoms with Gasteiger partial charge in [0.1, 0.15) is 0 Å². The Labute approximate surface area is 147 Å². The Morgan fingerprint density at radius 1 is 1.04 bits per heavy atom. The molecule has 2 rings (SSSR count). The predicted octanol–water partition coefficient (Wildman–Crippen LogP) is 3.67. The van der Waals surface area contributed by atoms with Crippen LogP contribution in [-0.2, 0) is 10.0 Å². The van der Waals surface area contributed by atoms with E-state index in [1.807, 2.05) is 6.92 Å². The number of nitrogens with one attached hydrogen (secondary N) is 2. The van der Waals surface area contributed by atoms with Crippen molar-refractivity contribution in [2.75, 3.05) is 11.9 Å². The zero-order chi connectivity index (χ0) is 17.6. The number of carbonyl (C=O) groups excluding carboxylic acids is 1. The maximum atomic E-state index is 12.2. The average Bonchev–Trinajstić information content (AvgIpc) is 2.57. The molecule has 0 saturated heterocycles. The molecule has 7 heteroatoms. The monoisotopic (exact) mass is 366 g/mol. The van der Waals surface area contributed by atoms with Crippen molar-refractivity contribution in [1.82, 2.24) is 4.72 Å². The van der Waals surface area contributed by atoms with Gasteiger partial charge in [-0.2, -0.15) is 0 Å². The molecule has 0 aliphatic carbocycles. The summed E-state index contributed by atoms with van der Waals surface area (Å²) < 4.78 is 26.7. The van der Waals surface area contributed by atoms with Crippen LogP contribution in [0.2, 0.25) is 5.02 Å². The van der Waals surface area contributed by atoms with E-state index in [-0.39, 0.29) is 10.8 Å². The van der Waals surface area contributed by atoms with Gasteiger partial charge in [-0.15, -0.1) is 0 Å². The normalized spacial score (nSPS) is 11.2. The fourth-order valence-corrected chi connectivity index (χ4v) is 3.19. The summed E-state index contributed by atoms with van der Waals surface area (Å²) >= 11 is 5.80. The minimum atomic E-state index is -3.54. The zero-order valence-corrected chi connectivity index (χ0v) is 14.8. The lowest BCUT2D eigenvalue weighted by molar-refractivity contribution is 0.102. The summed E-state index contributed by atoms with van der Waals surface area (Å²) in [5.74, 6) is -0.319. The molecular weight excluding hydrogens is 348 g/mol. The lowest BCUT2D eigenvalue weighted by Crippen LogP contribution is -2.24. The molecule has 5 nitrogen and oxygen atoms in total. The first-order valence-corrected chi connectivity index (χ1v) is 9.45. The minimum absolute atomic E-state index is 0.140. The van der Waals surface area contributed by atoms with Gasteiger partial charge in [0.05, 0.1) is 4.90 Å². The van der Waals surface area contributed by atoms with Crippen LogP contribution >= 0.6 is 11.6 Å². The first-order chi connectivity index (χ1) is 11.4. The van der Waals surface area contributed by atoms with Crippen LogP contribution in [0.5, 0.6) is 0 Å². The molecule has 0 unspecified atom stereocenters. The van der Waals surface area contributed by atoms with Crippen LogP contribution in [0.3, 0.4) is 0 Å². The number of unbranched alkanes of at least 4 members (excludes halogenated alkanes) is 1. The molecule has 1 amide bonds. The van der Waals surface area contributed by atoms with E-state index in [0.29, 0.717) is 22.8 Å². The number of benzene rings is 2. The summed E-state index contributed by atoms with van der Waals surface area (Å²) in [5, 5.41) is 3.30. The molecular formula is C17H19ClN2O3S. The molecule has 0 radical (unpaired) electrons. The second-order valence-corrected chi connectivity index (χ2v) is 7.44. The molecule has 0 atom stereocenters. The molecule has 0 aliphatic rings. The van der Waals surface area contributed by atoms with E-state index in [1.54, 1.807) is 24.3 Å². The van der Waals surface area contributed by atoms with Gasteiger partial charge in [-0.05, 0) is 55.0 Å². The maximum Gasteiger partial charge on any atom is 0.255 e. The second-order valence-electron chi connectivity index (χ2n) is 5.24. The van der Waals surface area contributed by atoms with Crippen LogP contribution in [-0.4, -0.2) is 20.9 Å². The largest absolute Gasteiger partial charge is 0.322 e. The Hall–Kier alpha value is -1.89. The van der Waals surface area contributed by atoms with Crippen molar-refractivity contribution in [1.29, 1.82) is 0 Å². The van der Waals surface area contributed by atoms with Crippen LogP contribution < -0.4 is 10.0 Å². The number of sulfonamides is 1. The molecule has 0 aromatic heterocycles. The highest BCUT2D eigenvalue weighted by atomic mass is 35.5. The first kappa shape index (κ1) is 18.4. The molecule has 2 N–H and O–H groups in total. The Bertz CT molecular complexity index is 788. The van der Waals surface area contributed by atoms with Gasteiger partial charge in [0.2, 0.25) is 10.0 Å². The molecule has 0 fully saturated rings. The minimum Gasteiger partial charge on any atom is -0.322 e. The molecule has 24 heavy (non-hydrogen) atoms. The van der Waals surface area contributed by atoms with Gasteiger partial charge in [-0.25, -0.2) is 13.1 Å². The van der Waals surface area contributed by atoms with Crippen LogP contribution in [0.1, 0.15) is 30.1 Å². The second kappa shape index (κ2) is 8.28. The molecule has 0 spiro atoms. The number of hydrogen-bond donors (Lipinski definition) is 2. The highest BCUT2D eigenvalue weighted by Gasteiger charge is 2.14. The molecule has 128 valence electrons. The van der Waals surface area contributed by atoms with E-state index < -0.39 is 10.0 Å². The third kappa shape index (κ3) is 5.06. The Morgan fingerprint density at radius 2 is 1.67 bits per heavy atom. The lowest BCUT2D eigenvalue weighted by Gasteiger charge is -2.08. The van der Waals surface area contributed by atoms with Gasteiger partial charge in [0.15, 0.2) is 0 Å². The fraction of sp³-hybridized carbons (Fsp3) is 0.235. The number of anilines is 1. The van der Waals surface area contributed by atoms with E-state index in [4.69, 9.17) is 11.6 Å². The van der Waals surface area contributed by atoms with Crippen LogP contribution in [0, 0.1) is 0 Å². The van der Waals surface area contributed by atoms with E-state index in [0.717, 1.165) is 12.8 Å². The number of rotatable bonds is 7. The molecule has 0 saturated carbocycles. The van der Waals surface area contributed by atoms with E-state index in [9.17, 15) is 13.2 Å². The van der Waals surface area contributed by atoms with Crippen molar-refractivity contribution >= 4 is 33.2 Å². The van der Waals surface area contributed by atoms with Crippen molar-refractivity contribution in [3.63, 3.8) is 0 Å². The molecule has 0 bridgehead atoms. The summed E-state index contributed by atoms with van der Waals surface area (Å²) in [6.45, 7) is 2.39. The fourth-order valence-electron chi connectivity index (χ4n) is 1.99. The molecule has 0 aliphatic heterocycles. The van der Waals surface area contributed by atoms with Crippen molar-refractivity contribution < 1.29 is 13.2 Å². The quantitative estimate of drug-likeness (QED) is 0.734. The van der Waals surface area contributed by atoms with Crippen LogP contribution in [0.15, 0.2) is 53.4 Å². The predicted molar refractivity (Wildman–Crippen MR) is 95.9 cm³/mol. The van der Waals surface area contributed by atoms with Gasteiger partial charge >= 0.3 is 0 Å². The number of amides is 1. The van der Waals surface area contributed by atoms with E-state index in [1.165, 1.54) is 24.3 Å². The molecule has 0 heterocycles. The van der Waals surface area contributed by atoms with Crippen LogP contribution in [0.4, 0.5) is 5.69 Å². The topological polar surface area (TPSA) is 75.3 Å². The van der Waals surface area contributed by atoms with E-state index in [2.05, 4.69) is 10.0 Å². The number of hydrogen-bond acceptors (Lipinski definition) is 3. The summed E-state index contributed by atoms with van der Waals surface area (Å²) in [6.07, 6.45) is 1.69. The zero-order valence-electron chi connectivity index (χ0n) is 13.3. The SMILES string of the molecule is CCCCNS(=O)(=O)c1ccc(C(=O)Nc2ccc(Cl)cc2)cc1. The van der Waals surface area contributed by atoms with Gasteiger partial charge in [0.25, 0.3) is 5.91 Å². The van der Waals surface area contributed by atoms with E-state index >= 15 is 0 Å². The summed E-state index contributed by atoms with van der Waals surface area (Å²) in [4.78, 5) is 12.3. The highest BCUT2D eigenvalue weighted by molar-refractivity contribution is 7.89. The summed E-state index contributed by atoms with van der Waals surface area (Å²) in [5.41, 5.74) is 0.986. The van der Waals surface area contributed by atoms with Gasteiger partial charge in [-0.3, -0.25) is 4.79 Å². The van der Waals surface area contributed by atoms with Gasteiger partial charge in [0, 0.05) is 22.8 Å². The summed E-state index contributed by atoms with van der Waals surface area (Å²) in [7, 11) is -3.54. The molecule has 2 aromatic carbocycles. The smallest absolute Gasteiger partial charge is 0.255 e. The van der Waals surface area contributed by atoms with Gasteiger partial charge in [-0.1, -0.05) is 24.9 Å². The molecule has 2 aromatic rings. The highest BCUT2D eigenvalue weighted by Crippen LogP contribution is 2.16. The Morgan fingerprint density at radius 3 is 2.25 bits per heavy atom. The Balaban J connectivity index is 2.05. The first-order valence-electron chi connectivity index (χ1n) is 7.59. The summed E-state index contributed by atoms with van der Waals surface area (Å²) in [6, 6.07) is 12.5. The van der Waals surface area contributed by atoms with Crippen molar-refractivity contribution in [2.24, 2.45) is 0 Å². The van der Waals surface area contributed by atoms with Crippen molar-refractivity contribution in [2.45, 2.75) is 24.7 Å². The lowest BCUT2D eigenvalue weighted by atomic mass is 10.2. The van der Waals surface area contributed by atoms with Crippen molar-refractivity contribution in [3.05, 3.63) is 59.1 Å². The van der Waals surface area contributed by atoms with Gasteiger partial charge < -0.3 is 5.32 Å². The van der Waals surface area contributed by atoms with Crippen LogP contribution in [0.25, 0.3) is 0 Å². The third-order valence-corrected chi connectivity index (χ3v) is 5.08. The average molecular weight is 367 g/mol. The van der Waals surface area contributed by atoms with Crippen molar-refractivity contribution in [3.8, 4) is 0 Å².